The molecular weight excluding hydrogens is 310 g/mol. The van der Waals surface area contributed by atoms with Crippen LogP contribution in [-0.4, -0.2) is 6.18 Å². The van der Waals surface area contributed by atoms with Crippen LogP contribution in [0.2, 0.25) is 0 Å². The Morgan fingerprint density at radius 2 is 1.68 bits per heavy atom. The lowest BCUT2D eigenvalue weighted by Gasteiger charge is -2.37. The number of alkyl halides is 6. The Balaban J connectivity index is 2.56. The van der Waals surface area contributed by atoms with E-state index in [1.165, 1.54) is 0 Å². The number of nitrogens with two attached hydrogens (primary N) is 2. The number of allylic oxidation sites excluding steroid dienone is 1. The smallest absolute Gasteiger partial charge is 0.399 e. The van der Waals surface area contributed by atoms with E-state index in [1.807, 2.05) is 0 Å². The van der Waals surface area contributed by atoms with Crippen molar-refractivity contribution in [2.24, 2.45) is 17.4 Å². The summed E-state index contributed by atoms with van der Waals surface area (Å²) in [6, 6.07) is 3.55. The molecular formula is C14H12F6N2. The second-order valence-corrected chi connectivity index (χ2v) is 5.03. The Kier molecular flexibility index (Phi) is 3.76. The van der Waals surface area contributed by atoms with Gasteiger partial charge in [0, 0.05) is 5.70 Å². The van der Waals surface area contributed by atoms with E-state index in [4.69, 9.17) is 11.5 Å². The summed E-state index contributed by atoms with van der Waals surface area (Å²) in [7, 11) is 0. The second kappa shape index (κ2) is 5.05. The van der Waals surface area contributed by atoms with Gasteiger partial charge in [0.05, 0.1) is 11.1 Å². The van der Waals surface area contributed by atoms with E-state index in [9.17, 15) is 26.3 Å². The zero-order valence-electron chi connectivity index (χ0n) is 11.0. The number of halogens is 6. The van der Waals surface area contributed by atoms with Gasteiger partial charge in [-0.3, -0.25) is 0 Å². The van der Waals surface area contributed by atoms with E-state index >= 15 is 0 Å². The van der Waals surface area contributed by atoms with Crippen LogP contribution in [0.4, 0.5) is 26.3 Å². The normalized spacial score (nSPS) is 26.0. The van der Waals surface area contributed by atoms with Crippen LogP contribution in [0.1, 0.15) is 11.1 Å². The highest BCUT2D eigenvalue weighted by Gasteiger charge is 2.51. The first-order chi connectivity index (χ1) is 9.94. The van der Waals surface area contributed by atoms with Gasteiger partial charge in [0.15, 0.2) is 0 Å². The first kappa shape index (κ1) is 16.4. The second-order valence-electron chi connectivity index (χ2n) is 5.03. The Morgan fingerprint density at radius 3 is 2.23 bits per heavy atom. The fourth-order valence-corrected chi connectivity index (χ4v) is 2.33. The molecule has 0 bridgehead atoms. The Morgan fingerprint density at radius 1 is 1.05 bits per heavy atom. The van der Waals surface area contributed by atoms with Crippen molar-refractivity contribution in [3.63, 3.8) is 0 Å². The molecule has 0 heterocycles. The van der Waals surface area contributed by atoms with E-state index < -0.39 is 29.4 Å². The van der Waals surface area contributed by atoms with Crippen molar-refractivity contribution in [2.45, 2.75) is 17.9 Å². The predicted octanol–water partition coefficient (Wildman–Crippen LogP) is 3.45. The van der Waals surface area contributed by atoms with Gasteiger partial charge in [0.1, 0.15) is 5.92 Å². The highest BCUT2D eigenvalue weighted by atomic mass is 19.4. The molecule has 1 aromatic rings. The van der Waals surface area contributed by atoms with E-state index in [-0.39, 0.29) is 11.3 Å². The predicted molar refractivity (Wildman–Crippen MR) is 68.3 cm³/mol. The summed E-state index contributed by atoms with van der Waals surface area (Å²) in [6.45, 7) is 0. The molecule has 0 radical (unpaired) electrons. The number of hydrogen-bond donors (Lipinski definition) is 2. The fraction of sp³-hybridized carbons (Fsp3) is 0.286. The molecule has 2 nitrogen and oxygen atoms in total. The number of benzene rings is 1. The Labute approximate surface area is 122 Å². The summed E-state index contributed by atoms with van der Waals surface area (Å²) in [5.74, 6) is -2.21. The molecule has 8 heteroatoms. The van der Waals surface area contributed by atoms with Crippen LogP contribution in [0.3, 0.4) is 0 Å². The van der Waals surface area contributed by atoms with Crippen molar-refractivity contribution in [1.29, 1.82) is 0 Å². The van der Waals surface area contributed by atoms with Crippen LogP contribution in [0.25, 0.3) is 0 Å². The SMILES string of the molecule is NC1=CC(C(F)(F)F)C(N)(c2cccc(C(F)(F)F)c2)C=C1. The first-order valence-electron chi connectivity index (χ1n) is 6.14. The Hall–Kier alpha value is -1.96. The topological polar surface area (TPSA) is 52.0 Å². The minimum absolute atomic E-state index is 0.143. The third-order valence-corrected chi connectivity index (χ3v) is 3.47. The van der Waals surface area contributed by atoms with Crippen LogP contribution in [0.5, 0.6) is 0 Å². The molecule has 1 aromatic carbocycles. The average Bonchev–Trinajstić information content (AvgIpc) is 2.40. The molecule has 0 fully saturated rings. The van der Waals surface area contributed by atoms with Gasteiger partial charge in [0.25, 0.3) is 0 Å². The first-order valence-corrected chi connectivity index (χ1v) is 6.14. The van der Waals surface area contributed by atoms with Crippen LogP contribution in [-0.2, 0) is 11.7 Å². The third-order valence-electron chi connectivity index (χ3n) is 3.47. The van der Waals surface area contributed by atoms with Crippen molar-refractivity contribution in [1.82, 2.24) is 0 Å². The van der Waals surface area contributed by atoms with E-state index in [0.29, 0.717) is 12.1 Å². The van der Waals surface area contributed by atoms with Gasteiger partial charge in [-0.15, -0.1) is 0 Å². The highest BCUT2D eigenvalue weighted by Crippen LogP contribution is 2.44. The minimum Gasteiger partial charge on any atom is -0.399 e. The molecule has 0 saturated carbocycles. The fourth-order valence-electron chi connectivity index (χ4n) is 2.33. The Bertz CT molecular complexity index is 629. The van der Waals surface area contributed by atoms with Gasteiger partial charge in [-0.25, -0.2) is 0 Å². The summed E-state index contributed by atoms with van der Waals surface area (Å²) in [6.07, 6.45) is -6.58. The molecule has 2 unspecified atom stereocenters. The standard InChI is InChI=1S/C14H12F6N2/c15-13(16,17)9-3-1-2-8(6-9)12(22)5-4-10(21)7-11(12)14(18,19)20/h1-7,11H,21-22H2. The van der Waals surface area contributed by atoms with Crippen molar-refractivity contribution < 1.29 is 26.3 Å². The van der Waals surface area contributed by atoms with Gasteiger partial charge in [-0.1, -0.05) is 18.2 Å². The molecule has 4 N–H and O–H groups in total. The molecule has 0 aliphatic heterocycles. The molecule has 2 rings (SSSR count). The quantitative estimate of drug-likeness (QED) is 0.778. The van der Waals surface area contributed by atoms with Gasteiger partial charge < -0.3 is 11.5 Å². The summed E-state index contributed by atoms with van der Waals surface area (Å²) < 4.78 is 77.8. The summed E-state index contributed by atoms with van der Waals surface area (Å²) >= 11 is 0. The minimum atomic E-state index is -4.75. The molecule has 1 aliphatic rings. The zero-order valence-corrected chi connectivity index (χ0v) is 11.0. The van der Waals surface area contributed by atoms with Crippen LogP contribution < -0.4 is 11.5 Å². The van der Waals surface area contributed by atoms with Crippen molar-refractivity contribution in [3.8, 4) is 0 Å². The van der Waals surface area contributed by atoms with E-state index in [2.05, 4.69) is 0 Å². The largest absolute Gasteiger partial charge is 0.416 e. The lowest BCUT2D eigenvalue weighted by molar-refractivity contribution is -0.174. The molecule has 22 heavy (non-hydrogen) atoms. The summed E-state index contributed by atoms with van der Waals surface area (Å²) in [5.41, 5.74) is 7.53. The van der Waals surface area contributed by atoms with Gasteiger partial charge in [0.2, 0.25) is 0 Å². The van der Waals surface area contributed by atoms with Crippen LogP contribution >= 0.6 is 0 Å². The maximum atomic E-state index is 13.2. The molecule has 0 spiro atoms. The lowest BCUT2D eigenvalue weighted by atomic mass is 9.75. The van der Waals surface area contributed by atoms with E-state index in [0.717, 1.165) is 30.4 Å². The van der Waals surface area contributed by atoms with Crippen molar-refractivity contribution in [3.05, 3.63) is 59.3 Å². The average molecular weight is 322 g/mol. The third kappa shape index (κ3) is 2.96. The summed E-state index contributed by atoms with van der Waals surface area (Å²) in [4.78, 5) is 0. The van der Waals surface area contributed by atoms with Crippen molar-refractivity contribution in [2.75, 3.05) is 0 Å². The van der Waals surface area contributed by atoms with Gasteiger partial charge >= 0.3 is 12.4 Å². The zero-order chi connectivity index (χ0) is 16.8. The lowest BCUT2D eigenvalue weighted by Crippen LogP contribution is -2.49. The summed E-state index contributed by atoms with van der Waals surface area (Å²) in [5, 5.41) is 0. The van der Waals surface area contributed by atoms with Crippen molar-refractivity contribution >= 4 is 0 Å². The number of rotatable bonds is 1. The highest BCUT2D eigenvalue weighted by molar-refractivity contribution is 5.41. The van der Waals surface area contributed by atoms with Gasteiger partial charge in [-0.05, 0) is 29.8 Å². The molecule has 120 valence electrons. The maximum absolute atomic E-state index is 13.2. The molecule has 0 amide bonds. The van der Waals surface area contributed by atoms with Crippen LogP contribution in [0.15, 0.2) is 48.2 Å². The van der Waals surface area contributed by atoms with Gasteiger partial charge in [-0.2, -0.15) is 26.3 Å². The maximum Gasteiger partial charge on any atom is 0.416 e. The van der Waals surface area contributed by atoms with E-state index in [1.54, 1.807) is 0 Å². The molecule has 2 atom stereocenters. The molecule has 0 saturated heterocycles. The molecule has 1 aliphatic carbocycles. The van der Waals surface area contributed by atoms with Crippen LogP contribution in [0, 0.1) is 5.92 Å². The molecule has 0 aromatic heterocycles. The number of hydrogen-bond acceptors (Lipinski definition) is 2. The monoisotopic (exact) mass is 322 g/mol.